The SMILES string of the molecule is CCNC(=NCc1ccc(C(N)=O)o1)NCC(C)(C)c1cccc(F)c1. The van der Waals surface area contributed by atoms with Gasteiger partial charge in [-0.15, -0.1) is 0 Å². The second kappa shape index (κ2) is 8.51. The van der Waals surface area contributed by atoms with Crippen LogP contribution in [0, 0.1) is 5.82 Å². The first-order chi connectivity index (χ1) is 12.3. The Morgan fingerprint density at radius 3 is 2.65 bits per heavy atom. The molecular weight excluding hydrogens is 335 g/mol. The Kier molecular flexibility index (Phi) is 6.38. The molecule has 1 aromatic carbocycles. The number of aliphatic imine (C=N–C) groups is 1. The molecule has 0 aliphatic rings. The molecule has 0 spiro atoms. The van der Waals surface area contributed by atoms with Crippen molar-refractivity contribution in [3.63, 3.8) is 0 Å². The van der Waals surface area contributed by atoms with Gasteiger partial charge in [0.25, 0.3) is 5.91 Å². The fraction of sp³-hybridized carbons (Fsp3) is 0.368. The number of carbonyl (C=O) groups excluding carboxylic acids is 1. The van der Waals surface area contributed by atoms with Gasteiger partial charge in [-0.3, -0.25) is 4.79 Å². The van der Waals surface area contributed by atoms with Gasteiger partial charge in [0, 0.05) is 18.5 Å². The van der Waals surface area contributed by atoms with Crippen molar-refractivity contribution >= 4 is 11.9 Å². The number of primary amides is 1. The van der Waals surface area contributed by atoms with Gasteiger partial charge in [-0.05, 0) is 36.8 Å². The number of carbonyl (C=O) groups is 1. The molecule has 0 atom stereocenters. The lowest BCUT2D eigenvalue weighted by Gasteiger charge is -2.26. The Morgan fingerprint density at radius 1 is 1.27 bits per heavy atom. The number of hydrogen-bond donors (Lipinski definition) is 3. The van der Waals surface area contributed by atoms with E-state index in [9.17, 15) is 9.18 Å². The third-order valence-corrected chi connectivity index (χ3v) is 3.95. The molecule has 26 heavy (non-hydrogen) atoms. The molecule has 0 fully saturated rings. The molecule has 4 N–H and O–H groups in total. The molecule has 0 bridgehead atoms. The fourth-order valence-electron chi connectivity index (χ4n) is 2.41. The van der Waals surface area contributed by atoms with E-state index < -0.39 is 5.91 Å². The molecule has 0 saturated carbocycles. The van der Waals surface area contributed by atoms with Crippen LogP contribution in [0.1, 0.15) is 42.6 Å². The van der Waals surface area contributed by atoms with E-state index in [0.29, 0.717) is 24.8 Å². The smallest absolute Gasteiger partial charge is 0.284 e. The van der Waals surface area contributed by atoms with E-state index >= 15 is 0 Å². The molecule has 1 heterocycles. The molecular formula is C19H25FN4O2. The number of furan rings is 1. The molecule has 7 heteroatoms. The second-order valence-electron chi connectivity index (χ2n) is 6.57. The summed E-state index contributed by atoms with van der Waals surface area (Å²) in [6.07, 6.45) is 0. The van der Waals surface area contributed by atoms with Crippen molar-refractivity contribution in [3.8, 4) is 0 Å². The lowest BCUT2D eigenvalue weighted by molar-refractivity contribution is 0.0972. The van der Waals surface area contributed by atoms with Gasteiger partial charge < -0.3 is 20.8 Å². The second-order valence-corrected chi connectivity index (χ2v) is 6.57. The quantitative estimate of drug-likeness (QED) is 0.523. The zero-order valence-electron chi connectivity index (χ0n) is 15.3. The number of hydrogen-bond acceptors (Lipinski definition) is 3. The number of rotatable bonds is 7. The highest BCUT2D eigenvalue weighted by Gasteiger charge is 2.21. The summed E-state index contributed by atoms with van der Waals surface area (Å²) < 4.78 is 18.8. The normalized spacial score (nSPS) is 12.1. The highest BCUT2D eigenvalue weighted by Crippen LogP contribution is 2.22. The van der Waals surface area contributed by atoms with Crippen LogP contribution < -0.4 is 16.4 Å². The van der Waals surface area contributed by atoms with Gasteiger partial charge in [0.15, 0.2) is 11.7 Å². The van der Waals surface area contributed by atoms with E-state index in [1.54, 1.807) is 18.2 Å². The summed E-state index contributed by atoms with van der Waals surface area (Å²) in [5.74, 6) is 0.399. The van der Waals surface area contributed by atoms with Crippen molar-refractivity contribution in [3.05, 3.63) is 59.3 Å². The lowest BCUT2D eigenvalue weighted by atomic mass is 9.84. The summed E-state index contributed by atoms with van der Waals surface area (Å²) in [4.78, 5) is 15.5. The van der Waals surface area contributed by atoms with Crippen LogP contribution >= 0.6 is 0 Å². The first kappa shape index (κ1) is 19.5. The molecule has 2 rings (SSSR count). The van der Waals surface area contributed by atoms with Gasteiger partial charge in [0.05, 0.1) is 0 Å². The van der Waals surface area contributed by atoms with E-state index in [4.69, 9.17) is 10.2 Å². The number of nitrogens with one attached hydrogen (secondary N) is 2. The summed E-state index contributed by atoms with van der Waals surface area (Å²) in [6.45, 7) is 7.55. The Bertz CT molecular complexity index is 783. The predicted molar refractivity (Wildman–Crippen MR) is 99.5 cm³/mol. The van der Waals surface area contributed by atoms with Crippen LogP contribution in [-0.2, 0) is 12.0 Å². The Morgan fingerprint density at radius 2 is 2.04 bits per heavy atom. The lowest BCUT2D eigenvalue weighted by Crippen LogP contribution is -2.43. The van der Waals surface area contributed by atoms with Gasteiger partial charge in [-0.2, -0.15) is 0 Å². The minimum atomic E-state index is -0.609. The molecule has 1 aromatic heterocycles. The molecule has 0 saturated heterocycles. The van der Waals surface area contributed by atoms with Crippen molar-refractivity contribution in [2.45, 2.75) is 32.7 Å². The van der Waals surface area contributed by atoms with E-state index in [1.807, 2.05) is 26.8 Å². The van der Waals surface area contributed by atoms with Crippen LogP contribution in [0.25, 0.3) is 0 Å². The number of guanidine groups is 1. The highest BCUT2D eigenvalue weighted by atomic mass is 19.1. The Labute approximate surface area is 152 Å². The van der Waals surface area contributed by atoms with Gasteiger partial charge in [0.1, 0.15) is 18.1 Å². The minimum absolute atomic E-state index is 0.111. The maximum atomic E-state index is 13.5. The van der Waals surface area contributed by atoms with E-state index in [-0.39, 0.29) is 23.5 Å². The summed E-state index contributed by atoms with van der Waals surface area (Å²) in [6, 6.07) is 9.79. The first-order valence-corrected chi connectivity index (χ1v) is 8.48. The average Bonchev–Trinajstić information content (AvgIpc) is 3.07. The predicted octanol–water partition coefficient (Wildman–Crippen LogP) is 2.55. The highest BCUT2D eigenvalue weighted by molar-refractivity contribution is 5.89. The van der Waals surface area contributed by atoms with Crippen molar-refractivity contribution in [1.29, 1.82) is 0 Å². The molecule has 140 valence electrons. The summed E-state index contributed by atoms with van der Waals surface area (Å²) in [7, 11) is 0. The van der Waals surface area contributed by atoms with Crippen LogP contribution in [0.2, 0.25) is 0 Å². The van der Waals surface area contributed by atoms with Gasteiger partial charge >= 0.3 is 0 Å². The summed E-state index contributed by atoms with van der Waals surface area (Å²) >= 11 is 0. The van der Waals surface area contributed by atoms with E-state index in [0.717, 1.165) is 5.56 Å². The van der Waals surface area contributed by atoms with Crippen molar-refractivity contribution in [2.75, 3.05) is 13.1 Å². The van der Waals surface area contributed by atoms with Gasteiger partial charge in [-0.25, -0.2) is 9.38 Å². The van der Waals surface area contributed by atoms with E-state index in [1.165, 1.54) is 12.1 Å². The third-order valence-electron chi connectivity index (χ3n) is 3.95. The number of halogens is 1. The maximum Gasteiger partial charge on any atom is 0.284 e. The Hall–Kier alpha value is -2.83. The fourth-order valence-corrected chi connectivity index (χ4v) is 2.41. The van der Waals surface area contributed by atoms with Crippen LogP contribution in [0.3, 0.4) is 0 Å². The molecule has 0 aliphatic carbocycles. The first-order valence-electron chi connectivity index (χ1n) is 8.48. The maximum absolute atomic E-state index is 13.5. The summed E-state index contributed by atoms with van der Waals surface area (Å²) in [5.41, 5.74) is 5.78. The zero-order valence-corrected chi connectivity index (χ0v) is 15.3. The molecule has 0 radical (unpaired) electrons. The largest absolute Gasteiger partial charge is 0.454 e. The monoisotopic (exact) mass is 360 g/mol. The molecule has 1 amide bonds. The van der Waals surface area contributed by atoms with Crippen LogP contribution in [-0.4, -0.2) is 25.0 Å². The van der Waals surface area contributed by atoms with Crippen LogP contribution in [0.4, 0.5) is 4.39 Å². The van der Waals surface area contributed by atoms with Crippen LogP contribution in [0.5, 0.6) is 0 Å². The molecule has 6 nitrogen and oxygen atoms in total. The molecule has 0 unspecified atom stereocenters. The van der Waals surface area contributed by atoms with Gasteiger partial charge in [0.2, 0.25) is 0 Å². The standard InChI is InChI=1S/C19H25FN4O2/c1-4-22-18(23-11-15-8-9-16(26-15)17(21)25)24-12-19(2,3)13-6-5-7-14(20)10-13/h5-10H,4,11-12H2,1-3H3,(H2,21,25)(H2,22,23,24). The summed E-state index contributed by atoms with van der Waals surface area (Å²) in [5, 5.41) is 6.41. The number of nitrogens with zero attached hydrogens (tertiary/aromatic N) is 1. The van der Waals surface area contributed by atoms with Crippen molar-refractivity contribution in [2.24, 2.45) is 10.7 Å². The van der Waals surface area contributed by atoms with Gasteiger partial charge in [-0.1, -0.05) is 26.0 Å². The minimum Gasteiger partial charge on any atom is -0.454 e. The number of amides is 1. The van der Waals surface area contributed by atoms with Crippen molar-refractivity contribution in [1.82, 2.24) is 10.6 Å². The topological polar surface area (TPSA) is 92.6 Å². The van der Waals surface area contributed by atoms with Crippen molar-refractivity contribution < 1.29 is 13.6 Å². The Balaban J connectivity index is 2.03. The zero-order chi connectivity index (χ0) is 19.2. The third kappa shape index (κ3) is 5.34. The number of nitrogens with two attached hydrogens (primary N) is 1. The average molecular weight is 360 g/mol. The molecule has 2 aromatic rings. The number of benzene rings is 1. The van der Waals surface area contributed by atoms with E-state index in [2.05, 4.69) is 15.6 Å². The molecule has 0 aliphatic heterocycles. The van der Waals surface area contributed by atoms with Crippen LogP contribution in [0.15, 0.2) is 45.8 Å².